The molecular weight excluding hydrogens is 364 g/mol. The zero-order valence-corrected chi connectivity index (χ0v) is 15.6. The van der Waals surface area contributed by atoms with Crippen molar-refractivity contribution in [1.29, 1.82) is 0 Å². The van der Waals surface area contributed by atoms with Crippen molar-refractivity contribution < 1.29 is 4.79 Å². The van der Waals surface area contributed by atoms with Crippen molar-refractivity contribution in [1.82, 2.24) is 20.2 Å². The van der Waals surface area contributed by atoms with Gasteiger partial charge in [0.2, 0.25) is 5.91 Å². The zero-order chi connectivity index (χ0) is 18.8. The van der Waals surface area contributed by atoms with E-state index in [0.717, 1.165) is 35.5 Å². The second-order valence-electron chi connectivity index (χ2n) is 6.64. The number of carbonyl (C=O) groups is 1. The molecule has 0 spiro atoms. The molecule has 1 saturated carbocycles. The van der Waals surface area contributed by atoms with Gasteiger partial charge in [-0.2, -0.15) is 0 Å². The average Bonchev–Trinajstić information content (AvgIpc) is 3.39. The molecule has 1 fully saturated rings. The number of hydrogen-bond acceptors (Lipinski definition) is 5. The van der Waals surface area contributed by atoms with E-state index in [2.05, 4.69) is 26.2 Å². The van der Waals surface area contributed by atoms with Crippen LogP contribution in [0.3, 0.4) is 0 Å². The van der Waals surface area contributed by atoms with Crippen LogP contribution >= 0.6 is 11.6 Å². The molecule has 0 unspecified atom stereocenters. The van der Waals surface area contributed by atoms with E-state index in [9.17, 15) is 4.79 Å². The Morgan fingerprint density at radius 2 is 2.00 bits per heavy atom. The maximum Gasteiger partial charge on any atom is 0.243 e. The van der Waals surface area contributed by atoms with Crippen molar-refractivity contribution in [2.45, 2.75) is 25.8 Å². The Kier molecular flexibility index (Phi) is 4.77. The quantitative estimate of drug-likeness (QED) is 0.679. The van der Waals surface area contributed by atoms with Crippen LogP contribution in [0.1, 0.15) is 24.4 Å². The van der Waals surface area contributed by atoms with Crippen molar-refractivity contribution in [2.24, 2.45) is 0 Å². The smallest absolute Gasteiger partial charge is 0.243 e. The average molecular weight is 383 g/mol. The lowest BCUT2D eigenvalue weighted by atomic mass is 10.2. The van der Waals surface area contributed by atoms with Crippen LogP contribution in [-0.4, -0.2) is 32.7 Å². The topological polar surface area (TPSA) is 84.7 Å². The number of anilines is 2. The van der Waals surface area contributed by atoms with Crippen LogP contribution in [0.2, 0.25) is 5.02 Å². The lowest BCUT2D eigenvalue weighted by Crippen LogP contribution is -2.21. The number of carbonyl (C=O) groups excluding carboxylic acids is 1. The molecule has 0 radical (unpaired) electrons. The lowest BCUT2D eigenvalue weighted by molar-refractivity contribution is -0.114. The van der Waals surface area contributed by atoms with E-state index in [4.69, 9.17) is 11.6 Å². The van der Waals surface area contributed by atoms with Gasteiger partial charge in [0.15, 0.2) is 5.82 Å². The summed E-state index contributed by atoms with van der Waals surface area (Å²) in [6.45, 7) is 2.09. The van der Waals surface area contributed by atoms with Gasteiger partial charge in [0.05, 0.1) is 23.3 Å². The summed E-state index contributed by atoms with van der Waals surface area (Å²) in [4.78, 5) is 12.1. The highest BCUT2D eigenvalue weighted by molar-refractivity contribution is 6.33. The summed E-state index contributed by atoms with van der Waals surface area (Å²) in [6.07, 6.45) is 2.25. The number of aromatic nitrogens is 4. The number of tetrazole rings is 1. The van der Waals surface area contributed by atoms with Crippen LogP contribution < -0.4 is 10.6 Å². The minimum Gasteiger partial charge on any atom is -0.376 e. The van der Waals surface area contributed by atoms with Crippen LogP contribution in [0.4, 0.5) is 11.4 Å². The number of aryl methyl sites for hydroxylation is 1. The molecule has 3 aromatic rings. The minimum absolute atomic E-state index is 0.142. The van der Waals surface area contributed by atoms with E-state index < -0.39 is 0 Å². The summed E-state index contributed by atoms with van der Waals surface area (Å²) in [5.41, 5.74) is 3.45. The Labute approximate surface area is 161 Å². The van der Waals surface area contributed by atoms with Crippen molar-refractivity contribution in [2.75, 3.05) is 17.2 Å². The van der Waals surface area contributed by atoms with Crippen LogP contribution in [0.15, 0.2) is 42.5 Å². The van der Waals surface area contributed by atoms with Crippen molar-refractivity contribution in [3.8, 4) is 11.4 Å². The number of benzene rings is 2. The van der Waals surface area contributed by atoms with Gasteiger partial charge >= 0.3 is 0 Å². The minimum atomic E-state index is -0.164. The van der Waals surface area contributed by atoms with E-state index in [-0.39, 0.29) is 12.5 Å². The normalized spacial score (nSPS) is 13.4. The van der Waals surface area contributed by atoms with Crippen LogP contribution in [0.5, 0.6) is 0 Å². The fraction of sp³-hybridized carbons (Fsp3) is 0.263. The molecule has 1 heterocycles. The van der Waals surface area contributed by atoms with Gasteiger partial charge in [-0.25, -0.2) is 4.68 Å². The highest BCUT2D eigenvalue weighted by Crippen LogP contribution is 2.36. The van der Waals surface area contributed by atoms with Gasteiger partial charge in [-0.1, -0.05) is 17.7 Å². The monoisotopic (exact) mass is 382 g/mol. The summed E-state index contributed by atoms with van der Waals surface area (Å²) in [5.74, 6) is 0.610. The molecular formula is C19H19ClN6O. The molecule has 1 amide bonds. The van der Waals surface area contributed by atoms with Gasteiger partial charge < -0.3 is 10.6 Å². The Morgan fingerprint density at radius 1 is 1.22 bits per heavy atom. The molecule has 1 aliphatic carbocycles. The number of nitrogens with zero attached hydrogens (tertiary/aromatic N) is 4. The van der Waals surface area contributed by atoms with Crippen molar-refractivity contribution in [3.05, 3.63) is 53.1 Å². The van der Waals surface area contributed by atoms with Crippen LogP contribution in [0, 0.1) is 6.92 Å². The maximum absolute atomic E-state index is 12.1. The molecule has 1 aromatic heterocycles. The predicted molar refractivity (Wildman–Crippen MR) is 105 cm³/mol. The van der Waals surface area contributed by atoms with E-state index in [1.165, 1.54) is 0 Å². The van der Waals surface area contributed by atoms with Gasteiger partial charge in [-0.05, 0) is 72.2 Å². The fourth-order valence-corrected chi connectivity index (χ4v) is 3.07. The third-order valence-electron chi connectivity index (χ3n) is 4.38. The van der Waals surface area contributed by atoms with Crippen LogP contribution in [0.25, 0.3) is 11.4 Å². The molecule has 0 atom stereocenters. The first-order valence-electron chi connectivity index (χ1n) is 8.78. The summed E-state index contributed by atoms with van der Waals surface area (Å²) in [6, 6.07) is 13.7. The highest BCUT2D eigenvalue weighted by Gasteiger charge is 2.28. The first-order valence-corrected chi connectivity index (χ1v) is 9.16. The van der Waals surface area contributed by atoms with E-state index in [1.54, 1.807) is 6.07 Å². The Morgan fingerprint density at radius 3 is 2.70 bits per heavy atom. The Bertz CT molecular complexity index is 965. The Balaban J connectivity index is 1.36. The number of rotatable bonds is 6. The molecule has 8 heteroatoms. The molecule has 1 aliphatic rings. The van der Waals surface area contributed by atoms with Gasteiger partial charge in [0.25, 0.3) is 0 Å². The number of nitrogens with one attached hydrogen (secondary N) is 2. The van der Waals surface area contributed by atoms with E-state index >= 15 is 0 Å². The second-order valence-corrected chi connectivity index (χ2v) is 7.05. The largest absolute Gasteiger partial charge is 0.376 e. The number of hydrogen-bond donors (Lipinski definition) is 2. The molecule has 27 heavy (non-hydrogen) atoms. The van der Waals surface area contributed by atoms with Crippen LogP contribution in [-0.2, 0) is 4.79 Å². The van der Waals surface area contributed by atoms with Gasteiger partial charge in [-0.3, -0.25) is 4.79 Å². The molecule has 0 saturated heterocycles. The fourth-order valence-electron chi connectivity index (χ4n) is 2.78. The summed E-state index contributed by atoms with van der Waals surface area (Å²) < 4.78 is 1.88. The highest BCUT2D eigenvalue weighted by atomic mass is 35.5. The molecule has 7 nitrogen and oxygen atoms in total. The van der Waals surface area contributed by atoms with Gasteiger partial charge in [0, 0.05) is 11.3 Å². The maximum atomic E-state index is 12.1. The van der Waals surface area contributed by atoms with E-state index in [1.807, 2.05) is 48.0 Å². The molecule has 138 valence electrons. The second kappa shape index (κ2) is 7.36. The van der Waals surface area contributed by atoms with E-state index in [0.29, 0.717) is 16.8 Å². The molecule has 4 rings (SSSR count). The number of halogens is 1. The standard InChI is InChI=1S/C19H19ClN6O/c1-12-2-9-17(16(20)10-12)22-18(27)11-21-14-5-3-13(4-6-14)19-23-24-25-26(19)15-7-8-15/h2-6,9-10,15,21H,7-8,11H2,1H3,(H,22,27). The number of amides is 1. The summed E-state index contributed by atoms with van der Waals surface area (Å²) in [7, 11) is 0. The summed E-state index contributed by atoms with van der Waals surface area (Å²) in [5, 5.41) is 18.4. The molecule has 2 N–H and O–H groups in total. The first kappa shape index (κ1) is 17.5. The molecule has 0 aliphatic heterocycles. The lowest BCUT2D eigenvalue weighted by Gasteiger charge is -2.10. The zero-order valence-electron chi connectivity index (χ0n) is 14.8. The third-order valence-corrected chi connectivity index (χ3v) is 4.69. The summed E-state index contributed by atoms with van der Waals surface area (Å²) >= 11 is 6.14. The van der Waals surface area contributed by atoms with Gasteiger partial charge in [0.1, 0.15) is 0 Å². The first-order chi connectivity index (χ1) is 13.1. The van der Waals surface area contributed by atoms with Crippen molar-refractivity contribution in [3.63, 3.8) is 0 Å². The Hall–Kier alpha value is -2.93. The van der Waals surface area contributed by atoms with Gasteiger partial charge in [-0.15, -0.1) is 5.10 Å². The molecule has 2 aromatic carbocycles. The van der Waals surface area contributed by atoms with Crippen molar-refractivity contribution >= 4 is 28.9 Å². The SMILES string of the molecule is Cc1ccc(NC(=O)CNc2ccc(-c3nnnn3C3CC3)cc2)c(Cl)c1. The predicted octanol–water partition coefficient (Wildman–Crippen LogP) is 3.69. The third kappa shape index (κ3) is 4.09. The molecule has 0 bridgehead atoms.